The van der Waals surface area contributed by atoms with Gasteiger partial charge in [0.25, 0.3) is 0 Å². The Kier molecular flexibility index (Phi) is 6.99. The number of amides is 1. The summed E-state index contributed by atoms with van der Waals surface area (Å²) in [4.78, 5) is 30.7. The van der Waals surface area contributed by atoms with Crippen LogP contribution in [0.1, 0.15) is 37.2 Å². The van der Waals surface area contributed by atoms with E-state index in [0.717, 1.165) is 25.7 Å². The molecule has 11 heteroatoms. The quantitative estimate of drug-likeness (QED) is 0.541. The normalized spacial score (nSPS) is 16.7. The van der Waals surface area contributed by atoms with Crippen molar-refractivity contribution in [2.75, 3.05) is 37.4 Å². The van der Waals surface area contributed by atoms with E-state index in [4.69, 9.17) is 9.72 Å². The average Bonchev–Trinajstić information content (AvgIpc) is 2.78. The van der Waals surface area contributed by atoms with Gasteiger partial charge >= 0.3 is 5.92 Å². The predicted molar refractivity (Wildman–Crippen MR) is 128 cm³/mol. The fourth-order valence-corrected chi connectivity index (χ4v) is 3.72. The van der Waals surface area contributed by atoms with E-state index in [1.54, 1.807) is 25.3 Å². The first-order chi connectivity index (χ1) is 16.6. The van der Waals surface area contributed by atoms with Crippen molar-refractivity contribution < 1.29 is 18.3 Å². The maximum absolute atomic E-state index is 13.9. The number of hydrogen-bond acceptors (Lipinski definition) is 8. The van der Waals surface area contributed by atoms with Gasteiger partial charge in [-0.3, -0.25) is 4.79 Å². The number of nitrogens with one attached hydrogen (secondary N) is 2. The molecule has 35 heavy (non-hydrogen) atoms. The first kappa shape index (κ1) is 24.6. The van der Waals surface area contributed by atoms with Crippen LogP contribution in [0.25, 0.3) is 11.3 Å². The van der Waals surface area contributed by atoms with Crippen molar-refractivity contribution in [1.82, 2.24) is 24.8 Å². The summed E-state index contributed by atoms with van der Waals surface area (Å²) >= 11 is 0. The highest BCUT2D eigenvalue weighted by Crippen LogP contribution is 2.33. The van der Waals surface area contributed by atoms with Gasteiger partial charge in [0, 0.05) is 56.5 Å². The van der Waals surface area contributed by atoms with Crippen molar-refractivity contribution in [3.8, 4) is 11.3 Å². The Morgan fingerprint density at radius 1 is 1.20 bits per heavy atom. The summed E-state index contributed by atoms with van der Waals surface area (Å²) in [6.45, 7) is 5.93. The highest BCUT2D eigenvalue weighted by atomic mass is 19.3. The maximum Gasteiger partial charge on any atom is 0.303 e. The minimum atomic E-state index is -3.20. The third kappa shape index (κ3) is 6.11. The molecule has 1 fully saturated rings. The molecule has 184 valence electrons. The molecule has 0 saturated carbocycles. The minimum absolute atomic E-state index is 0.171. The van der Waals surface area contributed by atoms with Crippen molar-refractivity contribution in [3.63, 3.8) is 0 Å². The molecule has 9 nitrogen and oxygen atoms in total. The minimum Gasteiger partial charge on any atom is -0.369 e. The van der Waals surface area contributed by atoms with Gasteiger partial charge in [-0.25, -0.2) is 19.9 Å². The topological polar surface area (TPSA) is 105 Å². The average molecular weight is 484 g/mol. The lowest BCUT2D eigenvalue weighted by Crippen LogP contribution is -2.35. The van der Waals surface area contributed by atoms with Crippen molar-refractivity contribution in [1.29, 1.82) is 0 Å². The maximum atomic E-state index is 13.9. The third-order valence-corrected chi connectivity index (χ3v) is 5.36. The Balaban J connectivity index is 1.74. The van der Waals surface area contributed by atoms with Gasteiger partial charge < -0.3 is 20.3 Å². The first-order valence-corrected chi connectivity index (χ1v) is 11.1. The number of alkyl halides is 2. The van der Waals surface area contributed by atoms with Gasteiger partial charge in [-0.05, 0) is 26.1 Å². The van der Waals surface area contributed by atoms with Crippen molar-refractivity contribution in [2.45, 2.75) is 32.8 Å². The summed E-state index contributed by atoms with van der Waals surface area (Å²) in [5.41, 5.74) is 2.85. The number of carbonyl (C=O) groups excluding carboxylic acids is 1. The van der Waals surface area contributed by atoms with Crippen molar-refractivity contribution >= 4 is 23.2 Å². The number of ether oxygens (including phenoxy) is 1. The highest BCUT2D eigenvalue weighted by molar-refractivity contribution is 5.89. The van der Waals surface area contributed by atoms with E-state index in [1.165, 1.54) is 6.92 Å². The SMILES string of the molecule is CC(=O)Nc1cc(Nc2cc(C)nc(C(C)(F)F)n2)c(-c2cccc([C@H]3CN(C)CCO3)n2)cn1. The molecule has 0 bridgehead atoms. The molecule has 0 aromatic carbocycles. The monoisotopic (exact) mass is 483 g/mol. The highest BCUT2D eigenvalue weighted by Gasteiger charge is 2.29. The largest absolute Gasteiger partial charge is 0.369 e. The van der Waals surface area contributed by atoms with Crippen LogP contribution in [0, 0.1) is 6.92 Å². The summed E-state index contributed by atoms with van der Waals surface area (Å²) in [6, 6.07) is 8.78. The number of likely N-dealkylation sites (N-methyl/N-ethyl adjacent to an activating group) is 1. The van der Waals surface area contributed by atoms with Crippen LogP contribution < -0.4 is 10.6 Å². The van der Waals surface area contributed by atoms with Gasteiger partial charge in [0.1, 0.15) is 17.7 Å². The van der Waals surface area contributed by atoms with Crippen LogP contribution in [0.5, 0.6) is 0 Å². The first-order valence-electron chi connectivity index (χ1n) is 11.1. The molecule has 2 N–H and O–H groups in total. The fourth-order valence-electron chi connectivity index (χ4n) is 3.72. The van der Waals surface area contributed by atoms with E-state index >= 15 is 0 Å². The Morgan fingerprint density at radius 2 is 2.00 bits per heavy atom. The Hall–Kier alpha value is -3.57. The molecule has 3 aromatic heterocycles. The zero-order valence-electron chi connectivity index (χ0n) is 20.0. The van der Waals surface area contributed by atoms with Crippen LogP contribution in [-0.4, -0.2) is 57.5 Å². The fraction of sp³-hybridized carbons (Fsp3) is 0.375. The molecule has 0 spiro atoms. The number of carbonyl (C=O) groups is 1. The molecule has 1 aliphatic rings. The molecule has 1 atom stereocenters. The van der Waals surface area contributed by atoms with Gasteiger partial charge in [0.05, 0.1) is 23.7 Å². The lowest BCUT2D eigenvalue weighted by atomic mass is 10.1. The summed E-state index contributed by atoms with van der Waals surface area (Å²) in [6.07, 6.45) is 1.40. The number of halogens is 2. The molecule has 3 aromatic rings. The molecule has 1 aliphatic heterocycles. The second kappa shape index (κ2) is 9.96. The summed E-state index contributed by atoms with van der Waals surface area (Å²) in [7, 11) is 2.03. The van der Waals surface area contributed by atoms with Crippen LogP contribution in [0.2, 0.25) is 0 Å². The Labute approximate surface area is 202 Å². The summed E-state index contributed by atoms with van der Waals surface area (Å²) < 4.78 is 33.7. The molecule has 4 heterocycles. The standard InChI is InChI=1S/C24H27F2N7O2/c1-14-10-22(32-23(28-14)24(3,25)26)31-19-11-21(29-15(2)34)27-12-16(19)17-6-5-7-18(30-17)20-13-33(4)8-9-35-20/h5-7,10-12,20H,8-9,13H2,1-4H3,(H2,27,28,29,31,32,34)/t20-/m1/s1. The zero-order valence-corrected chi connectivity index (χ0v) is 20.0. The van der Waals surface area contributed by atoms with Gasteiger partial charge in [-0.15, -0.1) is 0 Å². The van der Waals surface area contributed by atoms with Crippen molar-refractivity contribution in [2.24, 2.45) is 0 Å². The predicted octanol–water partition coefficient (Wildman–Crippen LogP) is 4.06. The Morgan fingerprint density at radius 3 is 2.71 bits per heavy atom. The number of rotatable bonds is 6. The summed E-state index contributed by atoms with van der Waals surface area (Å²) in [5.74, 6) is -3.60. The van der Waals surface area contributed by atoms with Crippen molar-refractivity contribution in [3.05, 3.63) is 53.7 Å². The van der Waals surface area contributed by atoms with E-state index in [-0.39, 0.29) is 17.8 Å². The van der Waals surface area contributed by atoms with Gasteiger partial charge in [-0.1, -0.05) is 6.07 Å². The molecule has 1 amide bonds. The zero-order chi connectivity index (χ0) is 25.2. The van der Waals surface area contributed by atoms with Crippen LogP contribution in [0.3, 0.4) is 0 Å². The number of pyridine rings is 2. The van der Waals surface area contributed by atoms with Crippen LogP contribution in [0.15, 0.2) is 36.5 Å². The number of aromatic nitrogens is 4. The number of morpholine rings is 1. The molecular formula is C24H27F2N7O2. The van der Waals surface area contributed by atoms with E-state index in [9.17, 15) is 13.6 Å². The van der Waals surface area contributed by atoms with E-state index in [1.807, 2.05) is 25.2 Å². The van der Waals surface area contributed by atoms with Gasteiger partial charge in [0.15, 0.2) is 0 Å². The number of anilines is 3. The van der Waals surface area contributed by atoms with E-state index in [0.29, 0.717) is 35.1 Å². The number of hydrogen-bond donors (Lipinski definition) is 2. The second-order valence-electron chi connectivity index (χ2n) is 8.60. The third-order valence-electron chi connectivity index (χ3n) is 5.36. The van der Waals surface area contributed by atoms with E-state index in [2.05, 4.69) is 30.5 Å². The lowest BCUT2D eigenvalue weighted by Gasteiger charge is -2.29. The molecule has 4 rings (SSSR count). The molecule has 0 aliphatic carbocycles. The van der Waals surface area contributed by atoms with Crippen LogP contribution in [0.4, 0.5) is 26.1 Å². The molecule has 0 unspecified atom stereocenters. The summed E-state index contributed by atoms with van der Waals surface area (Å²) in [5, 5.41) is 5.72. The van der Waals surface area contributed by atoms with Crippen LogP contribution in [-0.2, 0) is 15.5 Å². The lowest BCUT2D eigenvalue weighted by molar-refractivity contribution is -0.114. The second-order valence-corrected chi connectivity index (χ2v) is 8.60. The molecular weight excluding hydrogens is 456 g/mol. The van der Waals surface area contributed by atoms with Gasteiger partial charge in [-0.2, -0.15) is 8.78 Å². The molecule has 1 saturated heterocycles. The van der Waals surface area contributed by atoms with Crippen LogP contribution >= 0.6 is 0 Å². The smallest absolute Gasteiger partial charge is 0.303 e. The van der Waals surface area contributed by atoms with Gasteiger partial charge in [0.2, 0.25) is 11.7 Å². The number of aryl methyl sites for hydroxylation is 1. The Bertz CT molecular complexity index is 1230. The van der Waals surface area contributed by atoms with E-state index < -0.39 is 11.7 Å². The number of nitrogens with zero attached hydrogens (tertiary/aromatic N) is 5. The molecule has 0 radical (unpaired) electrons.